The molecule has 1 amide bonds. The first kappa shape index (κ1) is 15.5. The van der Waals surface area contributed by atoms with Gasteiger partial charge in [0.25, 0.3) is 0 Å². The number of nitrogens with zero attached hydrogens (tertiary/aromatic N) is 4. The molecule has 26 heavy (non-hydrogen) atoms. The summed E-state index contributed by atoms with van der Waals surface area (Å²) in [5.74, 6) is 1.95. The van der Waals surface area contributed by atoms with Crippen LogP contribution >= 0.6 is 0 Å². The van der Waals surface area contributed by atoms with Gasteiger partial charge in [0.05, 0.1) is 5.52 Å². The molecular formula is C20H21N5O. The lowest BCUT2D eigenvalue weighted by Gasteiger charge is -2.12. The number of rotatable bonds is 3. The van der Waals surface area contributed by atoms with Crippen molar-refractivity contribution in [2.45, 2.75) is 6.92 Å². The molecule has 3 aromatic heterocycles. The van der Waals surface area contributed by atoms with Crippen molar-refractivity contribution in [1.29, 1.82) is 0 Å². The molecule has 3 aromatic rings. The van der Waals surface area contributed by atoms with E-state index in [1.807, 2.05) is 22.6 Å². The maximum atomic E-state index is 12.6. The molecule has 0 spiro atoms. The lowest BCUT2D eigenvalue weighted by Crippen LogP contribution is -2.25. The molecule has 5 rings (SSSR count). The molecule has 0 radical (unpaired) electrons. The molecule has 132 valence electrons. The third-order valence-corrected chi connectivity index (χ3v) is 5.85. The number of hydrogen-bond donors (Lipinski definition) is 1. The van der Waals surface area contributed by atoms with Crippen molar-refractivity contribution >= 4 is 17.2 Å². The van der Waals surface area contributed by atoms with Crippen LogP contribution in [0.1, 0.15) is 5.56 Å². The molecule has 1 aliphatic carbocycles. The molecule has 4 heterocycles. The molecule has 3 atom stereocenters. The van der Waals surface area contributed by atoms with Gasteiger partial charge in [-0.25, -0.2) is 4.98 Å². The Morgan fingerprint density at radius 1 is 1.23 bits per heavy atom. The number of carbonyl (C=O) groups is 1. The fourth-order valence-corrected chi connectivity index (χ4v) is 4.43. The highest BCUT2D eigenvalue weighted by atomic mass is 16.2. The van der Waals surface area contributed by atoms with Gasteiger partial charge in [0, 0.05) is 49.2 Å². The molecule has 1 N–H and O–H groups in total. The van der Waals surface area contributed by atoms with Crippen molar-refractivity contribution in [1.82, 2.24) is 19.3 Å². The zero-order valence-corrected chi connectivity index (χ0v) is 14.9. The molecule has 1 saturated heterocycles. The number of likely N-dealkylation sites (tertiary alicyclic amines) is 1. The summed E-state index contributed by atoms with van der Waals surface area (Å²) in [7, 11) is 2.12. The van der Waals surface area contributed by atoms with E-state index in [1.54, 1.807) is 18.7 Å². The zero-order chi connectivity index (χ0) is 17.8. The van der Waals surface area contributed by atoms with Crippen LogP contribution in [0.4, 0.5) is 5.82 Å². The van der Waals surface area contributed by atoms with Crippen molar-refractivity contribution in [3.8, 4) is 11.1 Å². The van der Waals surface area contributed by atoms with Crippen molar-refractivity contribution in [2.24, 2.45) is 17.8 Å². The quantitative estimate of drug-likeness (QED) is 0.790. The van der Waals surface area contributed by atoms with Crippen LogP contribution in [-0.4, -0.2) is 45.3 Å². The van der Waals surface area contributed by atoms with Crippen LogP contribution in [0.5, 0.6) is 0 Å². The van der Waals surface area contributed by atoms with Gasteiger partial charge in [0.15, 0.2) is 0 Å². The minimum Gasteiger partial charge on any atom is -0.310 e. The van der Waals surface area contributed by atoms with Gasteiger partial charge < -0.3 is 14.6 Å². The third-order valence-electron chi connectivity index (χ3n) is 5.85. The molecule has 0 bridgehead atoms. The number of piperidine rings is 1. The smallest absolute Gasteiger partial charge is 0.229 e. The van der Waals surface area contributed by atoms with Crippen molar-refractivity contribution < 1.29 is 4.79 Å². The van der Waals surface area contributed by atoms with E-state index in [-0.39, 0.29) is 11.8 Å². The second kappa shape index (κ2) is 5.64. The number of pyridine rings is 1. The molecule has 6 heteroatoms. The van der Waals surface area contributed by atoms with E-state index in [0.29, 0.717) is 17.7 Å². The Bertz CT molecular complexity index is 984. The largest absolute Gasteiger partial charge is 0.310 e. The molecule has 2 fully saturated rings. The fourth-order valence-electron chi connectivity index (χ4n) is 4.43. The Kier molecular flexibility index (Phi) is 3.37. The highest BCUT2D eigenvalue weighted by Crippen LogP contribution is 2.51. The highest BCUT2D eigenvalue weighted by molar-refractivity contribution is 5.95. The first-order chi connectivity index (χ1) is 12.6. The Balaban J connectivity index is 1.40. The Hall–Kier alpha value is -2.73. The van der Waals surface area contributed by atoms with Crippen molar-refractivity contribution in [3.63, 3.8) is 0 Å². The van der Waals surface area contributed by atoms with Crippen LogP contribution in [0.15, 0.2) is 43.1 Å². The van der Waals surface area contributed by atoms with E-state index in [4.69, 9.17) is 0 Å². The van der Waals surface area contributed by atoms with Gasteiger partial charge in [-0.3, -0.25) is 9.78 Å². The van der Waals surface area contributed by atoms with Gasteiger partial charge in [-0.15, -0.1) is 0 Å². The summed E-state index contributed by atoms with van der Waals surface area (Å²) in [4.78, 5) is 23.4. The number of carbonyl (C=O) groups excluding carboxylic acids is 1. The second-order valence-electron chi connectivity index (χ2n) is 7.53. The van der Waals surface area contributed by atoms with Crippen LogP contribution in [0, 0.1) is 24.7 Å². The predicted octanol–water partition coefficient (Wildman–Crippen LogP) is 2.45. The molecule has 1 saturated carbocycles. The average Bonchev–Trinajstić information content (AvgIpc) is 2.99. The molecule has 2 unspecified atom stereocenters. The Labute approximate surface area is 151 Å². The summed E-state index contributed by atoms with van der Waals surface area (Å²) in [5.41, 5.74) is 4.50. The number of fused-ring (bicyclic) bond motifs is 2. The zero-order valence-electron chi connectivity index (χ0n) is 14.9. The first-order valence-corrected chi connectivity index (χ1v) is 8.99. The van der Waals surface area contributed by atoms with Crippen LogP contribution < -0.4 is 5.32 Å². The van der Waals surface area contributed by atoms with Gasteiger partial charge in [0.1, 0.15) is 12.1 Å². The van der Waals surface area contributed by atoms with Gasteiger partial charge in [-0.1, -0.05) is 0 Å². The summed E-state index contributed by atoms with van der Waals surface area (Å²) in [6, 6.07) is 5.96. The van der Waals surface area contributed by atoms with Crippen molar-refractivity contribution in [2.75, 3.05) is 25.5 Å². The van der Waals surface area contributed by atoms with E-state index in [0.717, 1.165) is 29.7 Å². The van der Waals surface area contributed by atoms with E-state index < -0.39 is 0 Å². The average molecular weight is 347 g/mol. The standard InChI is InChI=1S/C20H21N5O/c1-12-14(13-3-5-21-6-4-13)10-25-11-22-18(7-17(12)25)23-20(26)19-15-8-24(2)9-16(15)19/h3-7,10-11,15-16,19H,8-9H2,1-2H3,(H,23,26)/t15-,16?,19?/m0/s1. The Morgan fingerprint density at radius 2 is 1.96 bits per heavy atom. The normalized spacial score (nSPS) is 24.6. The van der Waals surface area contributed by atoms with Crippen LogP contribution in [-0.2, 0) is 4.79 Å². The summed E-state index contributed by atoms with van der Waals surface area (Å²) in [6.45, 7) is 4.16. The number of amides is 1. The second-order valence-corrected chi connectivity index (χ2v) is 7.53. The first-order valence-electron chi connectivity index (χ1n) is 8.99. The maximum Gasteiger partial charge on any atom is 0.229 e. The summed E-state index contributed by atoms with van der Waals surface area (Å²) < 4.78 is 2.00. The third kappa shape index (κ3) is 2.41. The maximum absolute atomic E-state index is 12.6. The molecule has 6 nitrogen and oxygen atoms in total. The molecule has 0 aromatic carbocycles. The van der Waals surface area contributed by atoms with Gasteiger partial charge in [-0.05, 0) is 49.1 Å². The molecule has 1 aliphatic heterocycles. The van der Waals surface area contributed by atoms with Gasteiger partial charge >= 0.3 is 0 Å². The topological polar surface area (TPSA) is 62.5 Å². The monoisotopic (exact) mass is 347 g/mol. The predicted molar refractivity (Wildman–Crippen MR) is 99.8 cm³/mol. The highest BCUT2D eigenvalue weighted by Gasteiger charge is 2.58. The van der Waals surface area contributed by atoms with E-state index in [9.17, 15) is 4.79 Å². The minimum atomic E-state index is 0.114. The van der Waals surface area contributed by atoms with Crippen LogP contribution in [0.2, 0.25) is 0 Å². The minimum absolute atomic E-state index is 0.114. The van der Waals surface area contributed by atoms with Crippen LogP contribution in [0.25, 0.3) is 16.6 Å². The van der Waals surface area contributed by atoms with Gasteiger partial charge in [0.2, 0.25) is 5.91 Å². The lowest BCUT2D eigenvalue weighted by atomic mass is 10.1. The summed E-state index contributed by atoms with van der Waals surface area (Å²) in [6.07, 6.45) is 7.43. The van der Waals surface area contributed by atoms with Crippen molar-refractivity contribution in [3.05, 3.63) is 48.7 Å². The molecule has 2 aliphatic rings. The lowest BCUT2D eigenvalue weighted by molar-refractivity contribution is -0.118. The molecular weight excluding hydrogens is 326 g/mol. The number of nitrogens with one attached hydrogen (secondary N) is 1. The van der Waals surface area contributed by atoms with E-state index in [1.165, 1.54) is 5.56 Å². The number of aromatic nitrogens is 3. The van der Waals surface area contributed by atoms with Gasteiger partial charge in [-0.2, -0.15) is 0 Å². The number of anilines is 1. The SMILES string of the molecule is Cc1c(-c2ccncc2)cn2cnc(NC(=O)C3C4CN(C)C[C@@H]43)cc12. The Morgan fingerprint density at radius 3 is 2.69 bits per heavy atom. The number of aryl methyl sites for hydroxylation is 1. The van der Waals surface area contributed by atoms with Crippen LogP contribution in [0.3, 0.4) is 0 Å². The summed E-state index contributed by atoms with van der Waals surface area (Å²) >= 11 is 0. The number of hydrogen-bond acceptors (Lipinski definition) is 4. The summed E-state index contributed by atoms with van der Waals surface area (Å²) in [5, 5.41) is 3.02. The van der Waals surface area contributed by atoms with E-state index >= 15 is 0 Å². The van der Waals surface area contributed by atoms with E-state index in [2.05, 4.69) is 40.4 Å². The fraction of sp³-hybridized carbons (Fsp3) is 0.350.